The number of halogens is 1. The van der Waals surface area contributed by atoms with E-state index in [9.17, 15) is 4.79 Å². The molecule has 3 N–H and O–H groups in total. The molecule has 0 aliphatic carbocycles. The first kappa shape index (κ1) is 17.8. The van der Waals surface area contributed by atoms with Crippen LogP contribution in [0, 0.1) is 0 Å². The third-order valence-electron chi connectivity index (χ3n) is 3.13. The Bertz CT molecular complexity index is 654. The molecule has 0 aliphatic heterocycles. The summed E-state index contributed by atoms with van der Waals surface area (Å²) in [6, 6.07) is 7.04. The summed E-state index contributed by atoms with van der Waals surface area (Å²) in [5.74, 6) is 1.19. The van der Waals surface area contributed by atoms with Gasteiger partial charge in [0.1, 0.15) is 5.75 Å². The molecule has 0 spiro atoms. The Kier molecular flexibility index (Phi) is 7.10. The van der Waals surface area contributed by atoms with Gasteiger partial charge in [-0.1, -0.05) is 11.6 Å². The van der Waals surface area contributed by atoms with Crippen molar-refractivity contribution in [3.05, 3.63) is 41.7 Å². The second kappa shape index (κ2) is 9.57. The molecule has 0 atom stereocenters. The molecule has 128 valence electrons. The normalized spacial score (nSPS) is 10.1. The van der Waals surface area contributed by atoms with Crippen LogP contribution >= 0.6 is 11.6 Å². The van der Waals surface area contributed by atoms with E-state index >= 15 is 0 Å². The average molecular weight is 350 g/mol. The van der Waals surface area contributed by atoms with Crippen LogP contribution in [-0.2, 0) is 4.79 Å². The van der Waals surface area contributed by atoms with Crippen LogP contribution in [0.15, 0.2) is 36.7 Å². The van der Waals surface area contributed by atoms with Crippen LogP contribution in [0.4, 0.5) is 11.6 Å². The number of aromatic nitrogens is 2. The molecule has 1 amide bonds. The number of nitrogens with zero attached hydrogens (tertiary/aromatic N) is 2. The molecule has 1 heterocycles. The molecule has 7 nitrogen and oxygen atoms in total. The van der Waals surface area contributed by atoms with Crippen molar-refractivity contribution in [1.82, 2.24) is 15.3 Å². The average Bonchev–Trinajstić information content (AvgIpc) is 2.60. The van der Waals surface area contributed by atoms with Crippen LogP contribution in [0.25, 0.3) is 0 Å². The number of carbonyl (C=O) groups excluding carboxylic acids is 1. The Morgan fingerprint density at radius 2 is 1.96 bits per heavy atom. The molecule has 0 fully saturated rings. The summed E-state index contributed by atoms with van der Waals surface area (Å²) >= 11 is 5.96. The minimum atomic E-state index is -0.0423. The number of nitrogens with one attached hydrogen (secondary N) is 3. The third-order valence-corrected chi connectivity index (χ3v) is 3.36. The molecule has 0 aliphatic rings. The molecule has 2 rings (SSSR count). The number of benzene rings is 1. The first-order valence-electron chi connectivity index (χ1n) is 7.54. The van der Waals surface area contributed by atoms with Gasteiger partial charge in [0.15, 0.2) is 0 Å². The quantitative estimate of drug-likeness (QED) is 0.601. The summed E-state index contributed by atoms with van der Waals surface area (Å²) in [4.78, 5) is 19.9. The molecule has 1 aromatic heterocycles. The lowest BCUT2D eigenvalue weighted by atomic mass is 10.2. The number of hydrogen-bond acceptors (Lipinski definition) is 6. The summed E-state index contributed by atoms with van der Waals surface area (Å²) < 4.78 is 5.24. The maximum atomic E-state index is 11.8. The monoisotopic (exact) mass is 349 g/mol. The van der Waals surface area contributed by atoms with Crippen LogP contribution in [0.2, 0.25) is 5.02 Å². The van der Waals surface area contributed by atoms with E-state index in [1.165, 1.54) is 0 Å². The Hall–Kier alpha value is -2.54. The van der Waals surface area contributed by atoms with Gasteiger partial charge >= 0.3 is 0 Å². The zero-order valence-electron chi connectivity index (χ0n) is 13.4. The summed E-state index contributed by atoms with van der Waals surface area (Å²) in [5, 5.41) is 9.60. The van der Waals surface area contributed by atoms with E-state index in [0.29, 0.717) is 42.8 Å². The van der Waals surface area contributed by atoms with Gasteiger partial charge in [-0.2, -0.15) is 0 Å². The third kappa shape index (κ3) is 5.92. The number of carbonyl (C=O) groups is 1. The van der Waals surface area contributed by atoms with E-state index in [-0.39, 0.29) is 5.91 Å². The first-order valence-corrected chi connectivity index (χ1v) is 7.92. The van der Waals surface area contributed by atoms with Crippen molar-refractivity contribution >= 4 is 29.1 Å². The van der Waals surface area contributed by atoms with Crippen molar-refractivity contribution < 1.29 is 9.53 Å². The van der Waals surface area contributed by atoms with Crippen LogP contribution < -0.4 is 20.7 Å². The summed E-state index contributed by atoms with van der Waals surface area (Å²) in [6.07, 6.45) is 3.66. The fraction of sp³-hybridized carbons (Fsp3) is 0.312. The Morgan fingerprint density at radius 3 is 2.71 bits per heavy atom. The summed E-state index contributed by atoms with van der Waals surface area (Å²) in [5.41, 5.74) is 0.765. The molecule has 0 bridgehead atoms. The molecule has 2 aromatic rings. The predicted molar refractivity (Wildman–Crippen MR) is 94.6 cm³/mol. The largest absolute Gasteiger partial charge is 0.495 e. The molecule has 1 aromatic carbocycles. The highest BCUT2D eigenvalue weighted by molar-refractivity contribution is 6.30. The van der Waals surface area contributed by atoms with Gasteiger partial charge in [0, 0.05) is 43.5 Å². The number of ether oxygens (including phenoxy) is 1. The van der Waals surface area contributed by atoms with Crippen molar-refractivity contribution in [3.8, 4) is 5.75 Å². The number of methoxy groups -OCH3 is 1. The number of anilines is 2. The maximum Gasteiger partial charge on any atom is 0.222 e. The van der Waals surface area contributed by atoms with E-state index in [0.717, 1.165) is 5.69 Å². The fourth-order valence-corrected chi connectivity index (χ4v) is 2.16. The van der Waals surface area contributed by atoms with Crippen molar-refractivity contribution in [3.63, 3.8) is 0 Å². The van der Waals surface area contributed by atoms with Gasteiger partial charge in [-0.3, -0.25) is 4.79 Å². The van der Waals surface area contributed by atoms with Gasteiger partial charge in [0.05, 0.1) is 12.8 Å². The van der Waals surface area contributed by atoms with E-state index < -0.39 is 0 Å². The van der Waals surface area contributed by atoms with Gasteiger partial charge in [0.2, 0.25) is 11.9 Å². The zero-order chi connectivity index (χ0) is 17.2. The number of hydrogen-bond donors (Lipinski definition) is 3. The second-order valence-corrected chi connectivity index (χ2v) is 5.31. The van der Waals surface area contributed by atoms with Crippen LogP contribution in [-0.4, -0.2) is 42.6 Å². The van der Waals surface area contributed by atoms with Gasteiger partial charge in [-0.15, -0.1) is 0 Å². The maximum absolute atomic E-state index is 11.8. The van der Waals surface area contributed by atoms with Crippen molar-refractivity contribution in [2.45, 2.75) is 6.42 Å². The van der Waals surface area contributed by atoms with Gasteiger partial charge < -0.3 is 20.7 Å². The summed E-state index contributed by atoms with van der Waals surface area (Å²) in [6.45, 7) is 1.54. The topological polar surface area (TPSA) is 88.2 Å². The smallest absolute Gasteiger partial charge is 0.222 e. The lowest BCUT2D eigenvalue weighted by Gasteiger charge is -2.11. The van der Waals surface area contributed by atoms with E-state index in [1.54, 1.807) is 43.8 Å². The lowest BCUT2D eigenvalue weighted by molar-refractivity contribution is -0.120. The van der Waals surface area contributed by atoms with E-state index in [1.807, 2.05) is 0 Å². The standard InChI is InChI=1S/C16H20ClN5O2/c1-24-14-4-3-12(17)11-13(14)18-8-5-15(23)19-9-10-22-16-20-6-2-7-21-16/h2-4,6-7,11,18H,5,8-10H2,1H3,(H,19,23)(H,20,21,22). The molecule has 0 saturated carbocycles. The zero-order valence-corrected chi connectivity index (χ0v) is 14.1. The van der Waals surface area contributed by atoms with Crippen LogP contribution in [0.3, 0.4) is 0 Å². The molecule has 0 saturated heterocycles. The molecular formula is C16H20ClN5O2. The predicted octanol–water partition coefficient (Wildman–Crippen LogP) is 2.17. The minimum Gasteiger partial charge on any atom is -0.495 e. The van der Waals surface area contributed by atoms with Crippen LogP contribution in [0.1, 0.15) is 6.42 Å². The summed E-state index contributed by atoms with van der Waals surface area (Å²) in [7, 11) is 1.59. The number of rotatable bonds is 9. The van der Waals surface area contributed by atoms with Crippen molar-refractivity contribution in [1.29, 1.82) is 0 Å². The molecule has 8 heteroatoms. The Morgan fingerprint density at radius 1 is 1.17 bits per heavy atom. The fourth-order valence-electron chi connectivity index (χ4n) is 1.98. The molecular weight excluding hydrogens is 330 g/mol. The second-order valence-electron chi connectivity index (χ2n) is 4.87. The highest BCUT2D eigenvalue weighted by Gasteiger charge is 2.05. The van der Waals surface area contributed by atoms with Crippen molar-refractivity contribution in [2.75, 3.05) is 37.4 Å². The Labute approximate surface area is 145 Å². The highest BCUT2D eigenvalue weighted by Crippen LogP contribution is 2.27. The first-order chi connectivity index (χ1) is 11.7. The van der Waals surface area contributed by atoms with Gasteiger partial charge in [0.25, 0.3) is 0 Å². The molecule has 0 unspecified atom stereocenters. The SMILES string of the molecule is COc1ccc(Cl)cc1NCCC(=O)NCCNc1ncccn1. The van der Waals surface area contributed by atoms with Gasteiger partial charge in [-0.25, -0.2) is 9.97 Å². The van der Waals surface area contributed by atoms with E-state index in [4.69, 9.17) is 16.3 Å². The minimum absolute atomic E-state index is 0.0423. The molecule has 0 radical (unpaired) electrons. The lowest BCUT2D eigenvalue weighted by Crippen LogP contribution is -2.30. The number of amides is 1. The Balaban J connectivity index is 1.64. The van der Waals surface area contributed by atoms with Crippen LogP contribution in [0.5, 0.6) is 5.75 Å². The highest BCUT2D eigenvalue weighted by atomic mass is 35.5. The van der Waals surface area contributed by atoms with E-state index in [2.05, 4.69) is 25.9 Å². The van der Waals surface area contributed by atoms with Gasteiger partial charge in [-0.05, 0) is 24.3 Å². The molecule has 24 heavy (non-hydrogen) atoms. The van der Waals surface area contributed by atoms with Crippen molar-refractivity contribution in [2.24, 2.45) is 0 Å².